The van der Waals surface area contributed by atoms with Crippen molar-refractivity contribution in [2.24, 2.45) is 0 Å². The molecule has 168 valence electrons. The molecule has 33 heavy (non-hydrogen) atoms. The van der Waals surface area contributed by atoms with Crippen LogP contribution in [0.4, 0.5) is 0 Å². The molecular weight excluding hydrogens is 462 g/mol. The molecule has 0 unspecified atom stereocenters. The third-order valence-electron chi connectivity index (χ3n) is 4.74. The van der Waals surface area contributed by atoms with Crippen LogP contribution in [0, 0.1) is 0 Å². The summed E-state index contributed by atoms with van der Waals surface area (Å²) in [4.78, 5) is 12.3. The highest BCUT2D eigenvalue weighted by Crippen LogP contribution is 2.22. The fourth-order valence-corrected chi connectivity index (χ4v) is 4.21. The molecule has 0 bridgehead atoms. The van der Waals surface area contributed by atoms with E-state index in [0.717, 1.165) is 5.56 Å². The Kier molecular flexibility index (Phi) is 6.88. The summed E-state index contributed by atoms with van der Waals surface area (Å²) in [5, 5.41) is 4.92. The number of ether oxygens (including phenoxy) is 1. The molecule has 1 aromatic heterocycles. The maximum atomic E-state index is 12.6. The molecule has 0 fully saturated rings. The van der Waals surface area contributed by atoms with Crippen LogP contribution in [-0.2, 0) is 16.6 Å². The summed E-state index contributed by atoms with van der Waals surface area (Å²) in [6.07, 6.45) is 0. The summed E-state index contributed by atoms with van der Waals surface area (Å²) in [5.41, 5.74) is 1.06. The molecule has 1 heterocycles. The Morgan fingerprint density at radius 2 is 1.52 bits per heavy atom. The summed E-state index contributed by atoms with van der Waals surface area (Å²) in [5.74, 6) is 1.18. The smallest absolute Gasteiger partial charge is 0.266 e. The molecule has 0 aliphatic heterocycles. The number of nitrogens with zero attached hydrogens (tertiary/aromatic N) is 2. The van der Waals surface area contributed by atoms with Gasteiger partial charge < -0.3 is 4.74 Å². The van der Waals surface area contributed by atoms with Gasteiger partial charge in [0.2, 0.25) is 10.0 Å². The van der Waals surface area contributed by atoms with Crippen molar-refractivity contribution in [1.29, 1.82) is 0 Å². The first-order valence-electron chi connectivity index (χ1n) is 10.1. The van der Waals surface area contributed by atoms with E-state index in [9.17, 15) is 13.2 Å². The number of sulfonamides is 1. The average Bonchev–Trinajstić information content (AvgIpc) is 2.82. The second-order valence-electron chi connectivity index (χ2n) is 7.07. The van der Waals surface area contributed by atoms with Crippen LogP contribution in [0.15, 0.2) is 101 Å². The third kappa shape index (κ3) is 5.87. The van der Waals surface area contributed by atoms with Crippen LogP contribution < -0.4 is 15.0 Å². The van der Waals surface area contributed by atoms with Crippen LogP contribution in [0.25, 0.3) is 11.3 Å². The van der Waals surface area contributed by atoms with Crippen molar-refractivity contribution in [3.8, 4) is 22.8 Å². The summed E-state index contributed by atoms with van der Waals surface area (Å²) in [6.45, 7) is 0.0796. The van der Waals surface area contributed by atoms with Crippen molar-refractivity contribution >= 4 is 21.6 Å². The first kappa shape index (κ1) is 22.7. The number of nitrogens with one attached hydrogen (secondary N) is 1. The van der Waals surface area contributed by atoms with Gasteiger partial charge in [-0.15, -0.1) is 0 Å². The van der Waals surface area contributed by atoms with Crippen LogP contribution in [0.3, 0.4) is 0 Å². The van der Waals surface area contributed by atoms with Crippen molar-refractivity contribution in [2.45, 2.75) is 11.4 Å². The Labute approximate surface area is 196 Å². The monoisotopic (exact) mass is 481 g/mol. The van der Waals surface area contributed by atoms with Crippen molar-refractivity contribution in [3.05, 3.63) is 106 Å². The summed E-state index contributed by atoms with van der Waals surface area (Å²) in [6, 6.07) is 25.4. The molecule has 4 aromatic rings. The fourth-order valence-electron chi connectivity index (χ4n) is 3.06. The number of hydrogen-bond donors (Lipinski definition) is 1. The summed E-state index contributed by atoms with van der Waals surface area (Å²) < 4.78 is 34.7. The molecule has 0 aliphatic carbocycles. The summed E-state index contributed by atoms with van der Waals surface area (Å²) >= 11 is 5.91. The quantitative estimate of drug-likeness (QED) is 0.404. The molecule has 0 amide bonds. The normalized spacial score (nSPS) is 11.3. The Balaban J connectivity index is 1.40. The van der Waals surface area contributed by atoms with Gasteiger partial charge in [-0.05, 0) is 54.6 Å². The van der Waals surface area contributed by atoms with E-state index in [-0.39, 0.29) is 23.5 Å². The zero-order valence-electron chi connectivity index (χ0n) is 17.4. The lowest BCUT2D eigenvalue weighted by Crippen LogP contribution is -2.32. The predicted molar refractivity (Wildman–Crippen MR) is 127 cm³/mol. The second-order valence-corrected chi connectivity index (χ2v) is 9.27. The molecular formula is C24H20ClN3O4S. The second kappa shape index (κ2) is 9.99. The highest BCUT2D eigenvalue weighted by molar-refractivity contribution is 7.89. The van der Waals surface area contributed by atoms with Crippen molar-refractivity contribution < 1.29 is 13.2 Å². The van der Waals surface area contributed by atoms with Gasteiger partial charge in [0.1, 0.15) is 11.5 Å². The number of halogens is 1. The Morgan fingerprint density at radius 1 is 0.848 bits per heavy atom. The van der Waals surface area contributed by atoms with Gasteiger partial charge in [0.25, 0.3) is 5.56 Å². The molecule has 0 spiro atoms. The standard InChI is InChI=1S/C24H20ClN3O4S/c25-19-8-6-18(7-9-19)23-14-15-24(29)28(27-23)17-16-26-33(30,31)22-12-10-21(11-13-22)32-20-4-2-1-3-5-20/h1-15,26H,16-17H2. The fraction of sp³-hybridized carbons (Fsp3) is 0.0833. The molecule has 0 atom stereocenters. The number of hydrogen-bond acceptors (Lipinski definition) is 5. The lowest BCUT2D eigenvalue weighted by Gasteiger charge is -2.10. The molecule has 9 heteroatoms. The lowest BCUT2D eigenvalue weighted by molar-refractivity contribution is 0.482. The van der Waals surface area contributed by atoms with E-state index in [1.807, 2.05) is 30.3 Å². The predicted octanol–water partition coefficient (Wildman–Crippen LogP) is 4.33. The molecule has 0 radical (unpaired) electrons. The van der Waals surface area contributed by atoms with Crippen LogP contribution in [0.1, 0.15) is 0 Å². The van der Waals surface area contributed by atoms with Gasteiger partial charge in [-0.2, -0.15) is 5.10 Å². The maximum Gasteiger partial charge on any atom is 0.266 e. The summed E-state index contributed by atoms with van der Waals surface area (Å²) in [7, 11) is -3.76. The minimum atomic E-state index is -3.76. The van der Waals surface area contributed by atoms with E-state index in [1.165, 1.54) is 22.9 Å². The SMILES string of the molecule is O=c1ccc(-c2ccc(Cl)cc2)nn1CCNS(=O)(=O)c1ccc(Oc2ccccc2)cc1. The van der Waals surface area contributed by atoms with Crippen LogP contribution in [0.2, 0.25) is 5.02 Å². The highest BCUT2D eigenvalue weighted by Gasteiger charge is 2.14. The zero-order chi connectivity index (χ0) is 23.3. The number of para-hydroxylation sites is 1. The maximum absolute atomic E-state index is 12.6. The molecule has 4 rings (SSSR count). The largest absolute Gasteiger partial charge is 0.457 e. The van der Waals surface area contributed by atoms with Gasteiger partial charge in [0, 0.05) is 23.2 Å². The Bertz CT molecular complexity index is 1390. The van der Waals surface area contributed by atoms with Gasteiger partial charge in [-0.25, -0.2) is 17.8 Å². The Hall–Kier alpha value is -3.46. The molecule has 0 aliphatic rings. The van der Waals surface area contributed by atoms with E-state index < -0.39 is 10.0 Å². The first-order valence-corrected chi connectivity index (χ1v) is 11.9. The van der Waals surface area contributed by atoms with Gasteiger partial charge in [-0.3, -0.25) is 4.79 Å². The van der Waals surface area contributed by atoms with Crippen molar-refractivity contribution in [1.82, 2.24) is 14.5 Å². The van der Waals surface area contributed by atoms with E-state index in [1.54, 1.807) is 42.5 Å². The minimum Gasteiger partial charge on any atom is -0.457 e. The highest BCUT2D eigenvalue weighted by atomic mass is 35.5. The number of rotatable bonds is 8. The third-order valence-corrected chi connectivity index (χ3v) is 6.46. The van der Waals surface area contributed by atoms with E-state index in [4.69, 9.17) is 16.3 Å². The lowest BCUT2D eigenvalue weighted by atomic mass is 10.1. The average molecular weight is 482 g/mol. The number of aromatic nitrogens is 2. The van der Waals surface area contributed by atoms with Crippen molar-refractivity contribution in [3.63, 3.8) is 0 Å². The van der Waals surface area contributed by atoms with E-state index >= 15 is 0 Å². The number of benzene rings is 3. The van der Waals surface area contributed by atoms with Crippen molar-refractivity contribution in [2.75, 3.05) is 6.54 Å². The molecule has 3 aromatic carbocycles. The molecule has 7 nitrogen and oxygen atoms in total. The van der Waals surface area contributed by atoms with Crippen LogP contribution >= 0.6 is 11.6 Å². The molecule has 0 saturated heterocycles. The molecule has 1 N–H and O–H groups in total. The molecule has 0 saturated carbocycles. The zero-order valence-corrected chi connectivity index (χ0v) is 19.0. The van der Waals surface area contributed by atoms with Crippen LogP contribution in [-0.4, -0.2) is 24.7 Å². The van der Waals surface area contributed by atoms with Gasteiger partial charge in [-0.1, -0.05) is 41.9 Å². The van der Waals surface area contributed by atoms with Crippen LogP contribution in [0.5, 0.6) is 11.5 Å². The van der Waals surface area contributed by atoms with Gasteiger partial charge in [0.15, 0.2) is 0 Å². The topological polar surface area (TPSA) is 90.3 Å². The van der Waals surface area contributed by atoms with E-state index in [2.05, 4.69) is 9.82 Å². The first-order chi connectivity index (χ1) is 15.9. The minimum absolute atomic E-state index is 0.00157. The van der Waals surface area contributed by atoms with E-state index in [0.29, 0.717) is 22.2 Å². The van der Waals surface area contributed by atoms with Gasteiger partial charge >= 0.3 is 0 Å². The Morgan fingerprint density at radius 3 is 2.21 bits per heavy atom. The van der Waals surface area contributed by atoms with Gasteiger partial charge in [0.05, 0.1) is 17.1 Å².